The monoisotopic (exact) mass is 288 g/mol. The van der Waals surface area contributed by atoms with Gasteiger partial charge >= 0.3 is 0 Å². The minimum Gasteiger partial charge on any atom is -0.384 e. The van der Waals surface area contributed by atoms with Crippen molar-refractivity contribution in [2.75, 3.05) is 39.4 Å². The van der Waals surface area contributed by atoms with Crippen molar-refractivity contribution in [3.8, 4) is 0 Å². The van der Waals surface area contributed by atoms with Crippen molar-refractivity contribution < 1.29 is 4.74 Å². The van der Waals surface area contributed by atoms with Crippen LogP contribution in [0.2, 0.25) is 0 Å². The predicted octanol–water partition coefficient (Wildman–Crippen LogP) is 0.877. The Morgan fingerprint density at radius 3 is 2.86 bits per heavy atom. The molecule has 0 amide bonds. The Balaban J connectivity index is 1.56. The first-order chi connectivity index (χ1) is 10.2. The molecule has 2 heterocycles. The maximum atomic E-state index is 7.53. The van der Waals surface area contributed by atoms with E-state index in [-0.39, 0.29) is 5.84 Å². The lowest BCUT2D eigenvalue weighted by molar-refractivity contribution is 0.0184. The lowest BCUT2D eigenvalue weighted by atomic mass is 10.1. The van der Waals surface area contributed by atoms with Gasteiger partial charge in [0.1, 0.15) is 5.84 Å². The molecule has 0 spiro atoms. The van der Waals surface area contributed by atoms with Gasteiger partial charge in [0.25, 0.3) is 0 Å². The molecule has 2 aliphatic rings. The van der Waals surface area contributed by atoms with Crippen LogP contribution in [0.5, 0.6) is 0 Å². The molecule has 5 heteroatoms. The third-order valence-electron chi connectivity index (χ3n) is 4.45. The highest BCUT2D eigenvalue weighted by atomic mass is 16.5. The average molecular weight is 288 g/mol. The van der Waals surface area contributed by atoms with Crippen LogP contribution in [0, 0.1) is 5.41 Å². The van der Waals surface area contributed by atoms with Crippen molar-refractivity contribution in [2.24, 2.45) is 5.73 Å². The van der Waals surface area contributed by atoms with Gasteiger partial charge in [-0.1, -0.05) is 18.2 Å². The van der Waals surface area contributed by atoms with Crippen LogP contribution in [-0.4, -0.2) is 61.1 Å². The summed E-state index contributed by atoms with van der Waals surface area (Å²) in [7, 11) is 0. The van der Waals surface area contributed by atoms with Gasteiger partial charge in [-0.2, -0.15) is 0 Å². The largest absolute Gasteiger partial charge is 0.384 e. The van der Waals surface area contributed by atoms with E-state index in [1.165, 1.54) is 12.0 Å². The Labute approximate surface area is 126 Å². The van der Waals surface area contributed by atoms with Crippen LogP contribution in [0.4, 0.5) is 0 Å². The summed E-state index contributed by atoms with van der Waals surface area (Å²) in [6.45, 7) is 7.10. The van der Waals surface area contributed by atoms with E-state index in [1.807, 2.05) is 18.2 Å². The van der Waals surface area contributed by atoms with E-state index in [2.05, 4.69) is 15.9 Å². The number of ether oxygens (including phenoxy) is 1. The van der Waals surface area contributed by atoms with E-state index in [0.717, 1.165) is 51.5 Å². The van der Waals surface area contributed by atoms with Crippen LogP contribution in [0.3, 0.4) is 0 Å². The fraction of sp³-hybridized carbons (Fsp3) is 0.562. The smallest absolute Gasteiger partial charge is 0.122 e. The van der Waals surface area contributed by atoms with Gasteiger partial charge in [0.15, 0.2) is 0 Å². The van der Waals surface area contributed by atoms with Crippen molar-refractivity contribution >= 4 is 5.84 Å². The van der Waals surface area contributed by atoms with Crippen molar-refractivity contribution in [3.63, 3.8) is 0 Å². The number of amidine groups is 1. The summed E-state index contributed by atoms with van der Waals surface area (Å²) in [5.41, 5.74) is 7.62. The van der Waals surface area contributed by atoms with E-state index >= 15 is 0 Å². The first kappa shape index (κ1) is 14.5. The number of nitrogens with two attached hydrogens (primary N) is 1. The van der Waals surface area contributed by atoms with Gasteiger partial charge in [-0.3, -0.25) is 15.2 Å². The number of hydrogen-bond acceptors (Lipinski definition) is 4. The summed E-state index contributed by atoms with van der Waals surface area (Å²) in [6.07, 6.45) is 1.24. The maximum Gasteiger partial charge on any atom is 0.122 e. The summed E-state index contributed by atoms with van der Waals surface area (Å²) in [6, 6.07) is 8.71. The molecule has 5 nitrogen and oxygen atoms in total. The number of benzene rings is 1. The molecule has 0 bridgehead atoms. The van der Waals surface area contributed by atoms with Gasteiger partial charge in [0.2, 0.25) is 0 Å². The fourth-order valence-corrected chi connectivity index (χ4v) is 3.29. The summed E-state index contributed by atoms with van der Waals surface area (Å²) >= 11 is 0. The van der Waals surface area contributed by atoms with E-state index in [1.54, 1.807) is 0 Å². The van der Waals surface area contributed by atoms with Crippen LogP contribution in [0.15, 0.2) is 24.3 Å². The van der Waals surface area contributed by atoms with Crippen molar-refractivity contribution in [2.45, 2.75) is 19.0 Å². The van der Waals surface area contributed by atoms with Crippen LogP contribution < -0.4 is 5.73 Å². The van der Waals surface area contributed by atoms with Crippen molar-refractivity contribution in [3.05, 3.63) is 35.4 Å². The molecule has 21 heavy (non-hydrogen) atoms. The highest BCUT2D eigenvalue weighted by Gasteiger charge is 2.28. The van der Waals surface area contributed by atoms with Gasteiger partial charge in [-0.05, 0) is 18.1 Å². The van der Waals surface area contributed by atoms with Crippen molar-refractivity contribution in [1.82, 2.24) is 9.80 Å². The number of nitrogen functional groups attached to an aromatic ring is 1. The number of hydrogen-bond donors (Lipinski definition) is 2. The second-order valence-corrected chi connectivity index (χ2v) is 5.94. The molecule has 0 aromatic heterocycles. The minimum absolute atomic E-state index is 0.143. The number of likely N-dealkylation sites (tertiary alicyclic amines) is 1. The van der Waals surface area contributed by atoms with E-state index in [9.17, 15) is 0 Å². The van der Waals surface area contributed by atoms with Crippen LogP contribution >= 0.6 is 0 Å². The van der Waals surface area contributed by atoms with E-state index < -0.39 is 0 Å². The molecule has 1 aromatic carbocycles. The Morgan fingerprint density at radius 1 is 1.29 bits per heavy atom. The standard InChI is InChI=1S/C16H24N4O/c17-16(18)14-3-1-2-13(10-14)11-19-5-4-15(12-19)20-6-8-21-9-7-20/h1-3,10,15H,4-9,11-12H2,(H3,17,18). The second kappa shape index (κ2) is 6.56. The van der Waals surface area contributed by atoms with Crippen LogP contribution in [0.1, 0.15) is 17.5 Å². The molecule has 3 N–H and O–H groups in total. The summed E-state index contributed by atoms with van der Waals surface area (Å²) in [5, 5.41) is 7.53. The van der Waals surface area contributed by atoms with Crippen LogP contribution in [-0.2, 0) is 11.3 Å². The van der Waals surface area contributed by atoms with Gasteiger partial charge < -0.3 is 10.5 Å². The lowest BCUT2D eigenvalue weighted by Gasteiger charge is -2.32. The number of nitrogens with one attached hydrogen (secondary N) is 1. The number of morpholine rings is 1. The zero-order chi connectivity index (χ0) is 14.7. The molecule has 2 saturated heterocycles. The molecule has 1 aromatic rings. The molecular weight excluding hydrogens is 264 g/mol. The Kier molecular flexibility index (Phi) is 4.53. The first-order valence-electron chi connectivity index (χ1n) is 7.70. The Hall–Kier alpha value is -1.43. The molecule has 0 aliphatic carbocycles. The van der Waals surface area contributed by atoms with Crippen molar-refractivity contribution in [1.29, 1.82) is 5.41 Å². The predicted molar refractivity (Wildman–Crippen MR) is 83.5 cm³/mol. The van der Waals surface area contributed by atoms with E-state index in [0.29, 0.717) is 6.04 Å². The zero-order valence-electron chi connectivity index (χ0n) is 12.4. The molecule has 1 unspecified atom stereocenters. The SMILES string of the molecule is N=C(N)c1cccc(CN2CCC(N3CCOCC3)C2)c1. The van der Waals surface area contributed by atoms with Gasteiger partial charge in [0, 0.05) is 44.3 Å². The summed E-state index contributed by atoms with van der Waals surface area (Å²) in [5.74, 6) is 0.143. The Morgan fingerprint density at radius 2 is 2.10 bits per heavy atom. The summed E-state index contributed by atoms with van der Waals surface area (Å²) in [4.78, 5) is 5.06. The normalized spacial score (nSPS) is 24.3. The molecule has 0 saturated carbocycles. The van der Waals surface area contributed by atoms with Gasteiger partial charge in [-0.25, -0.2) is 0 Å². The number of nitrogens with zero attached hydrogens (tertiary/aromatic N) is 2. The number of rotatable bonds is 4. The molecule has 1 atom stereocenters. The van der Waals surface area contributed by atoms with Gasteiger partial charge in [-0.15, -0.1) is 0 Å². The summed E-state index contributed by atoms with van der Waals surface area (Å²) < 4.78 is 5.43. The fourth-order valence-electron chi connectivity index (χ4n) is 3.29. The minimum atomic E-state index is 0.143. The zero-order valence-corrected chi connectivity index (χ0v) is 12.4. The highest BCUT2D eigenvalue weighted by Crippen LogP contribution is 2.19. The molecule has 2 aliphatic heterocycles. The molecule has 114 valence electrons. The third kappa shape index (κ3) is 3.61. The highest BCUT2D eigenvalue weighted by molar-refractivity contribution is 5.95. The molecule has 3 rings (SSSR count). The van der Waals surface area contributed by atoms with E-state index in [4.69, 9.17) is 15.9 Å². The maximum absolute atomic E-state index is 7.53. The molecular formula is C16H24N4O. The molecule has 2 fully saturated rings. The molecule has 0 radical (unpaired) electrons. The van der Waals surface area contributed by atoms with Gasteiger partial charge in [0.05, 0.1) is 13.2 Å². The Bertz CT molecular complexity index is 499. The third-order valence-corrected chi connectivity index (χ3v) is 4.45. The lowest BCUT2D eigenvalue weighted by Crippen LogP contribution is -2.44. The average Bonchev–Trinajstić information content (AvgIpc) is 2.97. The first-order valence-corrected chi connectivity index (χ1v) is 7.70. The van der Waals surface area contributed by atoms with Crippen LogP contribution in [0.25, 0.3) is 0 Å². The quantitative estimate of drug-likeness (QED) is 0.637. The second-order valence-electron chi connectivity index (χ2n) is 5.94. The topological polar surface area (TPSA) is 65.6 Å².